The summed E-state index contributed by atoms with van der Waals surface area (Å²) in [4.78, 5) is 11.8. The number of hydrogen-bond acceptors (Lipinski definition) is 4. The van der Waals surface area contributed by atoms with Crippen molar-refractivity contribution in [2.24, 2.45) is 23.2 Å². The second kappa shape index (κ2) is 3.28. The van der Waals surface area contributed by atoms with Gasteiger partial charge >= 0.3 is 5.97 Å². The molecule has 4 heteroatoms. The minimum absolute atomic E-state index is 0.00611. The zero-order valence-corrected chi connectivity index (χ0v) is 10.8. The lowest BCUT2D eigenvalue weighted by Gasteiger charge is -2.49. The van der Waals surface area contributed by atoms with Crippen LogP contribution in [0.2, 0.25) is 0 Å². The molecule has 0 aromatic rings. The fraction of sp³-hybridized carbons (Fsp3) is 0.929. The zero-order chi connectivity index (χ0) is 12.7. The minimum atomic E-state index is -0.430. The maximum absolute atomic E-state index is 11.8. The Kier molecular flexibility index (Phi) is 2.05. The monoisotopic (exact) mass is 252 g/mol. The van der Waals surface area contributed by atoms with Gasteiger partial charge in [-0.3, -0.25) is 4.79 Å². The number of ether oxygens (including phenoxy) is 2. The molecule has 3 aliphatic heterocycles. The summed E-state index contributed by atoms with van der Waals surface area (Å²) < 4.78 is 11.6. The van der Waals surface area contributed by atoms with Crippen LogP contribution in [0.4, 0.5) is 0 Å². The summed E-state index contributed by atoms with van der Waals surface area (Å²) in [6.07, 6.45) is 2.84. The second-order valence-electron chi connectivity index (χ2n) is 6.81. The summed E-state index contributed by atoms with van der Waals surface area (Å²) in [5.74, 6) is -0.0539. The maximum atomic E-state index is 11.8. The first kappa shape index (κ1) is 11.2. The van der Waals surface area contributed by atoms with Gasteiger partial charge in [-0.05, 0) is 19.3 Å². The van der Waals surface area contributed by atoms with Crippen LogP contribution in [0.3, 0.4) is 0 Å². The molecule has 3 heterocycles. The van der Waals surface area contributed by atoms with Crippen LogP contribution in [0.15, 0.2) is 0 Å². The van der Waals surface area contributed by atoms with E-state index in [2.05, 4.69) is 6.92 Å². The lowest BCUT2D eigenvalue weighted by molar-refractivity contribution is -0.151. The first-order valence-corrected chi connectivity index (χ1v) is 7.06. The highest BCUT2D eigenvalue weighted by atomic mass is 16.6. The molecule has 0 spiro atoms. The smallest absolute Gasteiger partial charge is 0.309 e. The number of aliphatic hydroxyl groups excluding tert-OH is 1. The van der Waals surface area contributed by atoms with Gasteiger partial charge in [0.05, 0.1) is 24.2 Å². The van der Waals surface area contributed by atoms with Crippen molar-refractivity contribution in [2.75, 3.05) is 0 Å². The zero-order valence-electron chi connectivity index (χ0n) is 10.8. The highest BCUT2D eigenvalue weighted by Crippen LogP contribution is 2.61. The third kappa shape index (κ3) is 1.12. The van der Waals surface area contributed by atoms with Crippen molar-refractivity contribution in [3.8, 4) is 0 Å². The lowest BCUT2D eigenvalue weighted by Crippen LogP contribution is -2.55. The topological polar surface area (TPSA) is 55.8 Å². The molecule has 0 amide bonds. The highest BCUT2D eigenvalue weighted by Gasteiger charge is 2.67. The van der Waals surface area contributed by atoms with E-state index in [1.165, 1.54) is 0 Å². The van der Waals surface area contributed by atoms with Gasteiger partial charge in [-0.2, -0.15) is 0 Å². The highest BCUT2D eigenvalue weighted by molar-refractivity contribution is 5.75. The number of carbonyl (C=O) groups excluding carboxylic acids is 1. The van der Waals surface area contributed by atoms with Gasteiger partial charge in [0.2, 0.25) is 0 Å². The van der Waals surface area contributed by atoms with Crippen molar-refractivity contribution in [1.29, 1.82) is 0 Å². The molecule has 4 rings (SSSR count). The molecule has 8 atom stereocenters. The quantitative estimate of drug-likeness (QED) is 0.656. The molecule has 18 heavy (non-hydrogen) atoms. The Bertz CT molecular complexity index is 409. The van der Waals surface area contributed by atoms with E-state index in [1.807, 2.05) is 6.92 Å². The van der Waals surface area contributed by atoms with Crippen LogP contribution in [-0.4, -0.2) is 35.5 Å². The number of hydrogen-bond donors (Lipinski definition) is 1. The van der Waals surface area contributed by atoms with Gasteiger partial charge in [0, 0.05) is 17.3 Å². The Hall–Kier alpha value is -0.610. The second-order valence-corrected chi connectivity index (χ2v) is 6.81. The van der Waals surface area contributed by atoms with Gasteiger partial charge in [-0.1, -0.05) is 13.8 Å². The first-order chi connectivity index (χ1) is 8.52. The molecule has 2 bridgehead atoms. The van der Waals surface area contributed by atoms with E-state index in [0.29, 0.717) is 5.92 Å². The van der Waals surface area contributed by atoms with Crippen molar-refractivity contribution in [1.82, 2.24) is 0 Å². The third-order valence-corrected chi connectivity index (χ3v) is 5.98. The maximum Gasteiger partial charge on any atom is 0.309 e. The SMILES string of the molecule is C[C@@H]1C(=O)O[C@H]2[C@H]1[C@@H](O)C[C@@]1(C)[C@@H]2[C@@H]2CC[C@H]1O2. The summed E-state index contributed by atoms with van der Waals surface area (Å²) in [6, 6.07) is 0. The molecule has 1 N–H and O–H groups in total. The van der Waals surface area contributed by atoms with Crippen LogP contribution in [0.5, 0.6) is 0 Å². The lowest BCUT2D eigenvalue weighted by atomic mass is 9.55. The van der Waals surface area contributed by atoms with E-state index in [0.717, 1.165) is 19.3 Å². The van der Waals surface area contributed by atoms with Gasteiger partial charge in [0.25, 0.3) is 0 Å². The normalized spacial score (nSPS) is 61.5. The largest absolute Gasteiger partial charge is 0.461 e. The van der Waals surface area contributed by atoms with Gasteiger partial charge in [0.1, 0.15) is 6.10 Å². The van der Waals surface area contributed by atoms with E-state index >= 15 is 0 Å². The molecule has 0 aromatic carbocycles. The van der Waals surface area contributed by atoms with E-state index in [-0.39, 0.29) is 41.5 Å². The van der Waals surface area contributed by atoms with E-state index < -0.39 is 6.10 Å². The number of esters is 1. The molecule has 0 radical (unpaired) electrons. The standard InChI is InChI=1S/C14H20O4/c1-6-10-7(15)5-14(2)9-4-3-8(17-9)11(14)12(10)18-13(6)16/h6-12,15H,3-5H2,1-2H3/t6-,7-,8-,9+,10+,11+,12-,14+/m0/s1. The van der Waals surface area contributed by atoms with Crippen LogP contribution in [-0.2, 0) is 14.3 Å². The Morgan fingerprint density at radius 2 is 2.17 bits per heavy atom. The number of rotatable bonds is 0. The van der Waals surface area contributed by atoms with Crippen LogP contribution < -0.4 is 0 Å². The molecule has 3 saturated heterocycles. The van der Waals surface area contributed by atoms with Crippen LogP contribution in [0.25, 0.3) is 0 Å². The Balaban J connectivity index is 1.76. The average molecular weight is 252 g/mol. The Labute approximate surface area is 107 Å². The summed E-state index contributed by atoms with van der Waals surface area (Å²) in [5.41, 5.74) is -0.00611. The fourth-order valence-corrected chi connectivity index (χ4v) is 5.12. The van der Waals surface area contributed by atoms with Crippen molar-refractivity contribution in [2.45, 2.75) is 57.5 Å². The molecule has 4 fully saturated rings. The van der Waals surface area contributed by atoms with Gasteiger partial charge in [0.15, 0.2) is 0 Å². The summed E-state index contributed by atoms with van der Waals surface area (Å²) in [6.45, 7) is 4.09. The van der Waals surface area contributed by atoms with Crippen molar-refractivity contribution in [3.05, 3.63) is 0 Å². The Morgan fingerprint density at radius 3 is 2.94 bits per heavy atom. The number of aliphatic hydroxyl groups is 1. The average Bonchev–Trinajstić information content (AvgIpc) is 2.92. The van der Waals surface area contributed by atoms with E-state index in [4.69, 9.17) is 9.47 Å². The summed E-state index contributed by atoms with van der Waals surface area (Å²) in [5, 5.41) is 10.4. The fourth-order valence-electron chi connectivity index (χ4n) is 5.12. The third-order valence-electron chi connectivity index (χ3n) is 5.98. The van der Waals surface area contributed by atoms with E-state index in [9.17, 15) is 9.90 Å². The van der Waals surface area contributed by atoms with Crippen molar-refractivity contribution < 1.29 is 19.4 Å². The molecule has 0 unspecified atom stereocenters. The Morgan fingerprint density at radius 1 is 1.39 bits per heavy atom. The molecular formula is C14H20O4. The molecule has 4 nitrogen and oxygen atoms in total. The van der Waals surface area contributed by atoms with E-state index in [1.54, 1.807) is 0 Å². The summed E-state index contributed by atoms with van der Waals surface area (Å²) >= 11 is 0. The number of carbonyl (C=O) groups is 1. The van der Waals surface area contributed by atoms with Crippen LogP contribution in [0.1, 0.15) is 33.1 Å². The molecule has 4 aliphatic rings. The predicted octanol–water partition coefficient (Wildman–Crippen LogP) is 1.11. The summed E-state index contributed by atoms with van der Waals surface area (Å²) in [7, 11) is 0. The predicted molar refractivity (Wildman–Crippen MR) is 62.6 cm³/mol. The first-order valence-electron chi connectivity index (χ1n) is 7.06. The van der Waals surface area contributed by atoms with Crippen molar-refractivity contribution >= 4 is 5.97 Å². The molecule has 100 valence electrons. The van der Waals surface area contributed by atoms with Crippen LogP contribution in [0, 0.1) is 23.2 Å². The number of fused-ring (bicyclic) bond motifs is 7. The molecule has 1 aliphatic carbocycles. The minimum Gasteiger partial charge on any atom is -0.461 e. The van der Waals surface area contributed by atoms with Gasteiger partial charge in [-0.15, -0.1) is 0 Å². The van der Waals surface area contributed by atoms with Gasteiger partial charge in [-0.25, -0.2) is 0 Å². The molecule has 0 aromatic heterocycles. The molecule has 1 saturated carbocycles. The van der Waals surface area contributed by atoms with Crippen molar-refractivity contribution in [3.63, 3.8) is 0 Å². The van der Waals surface area contributed by atoms with Gasteiger partial charge < -0.3 is 14.6 Å². The van der Waals surface area contributed by atoms with Crippen LogP contribution >= 0.6 is 0 Å². The molecular weight excluding hydrogens is 232 g/mol.